The maximum absolute atomic E-state index is 6.10. The fourth-order valence-corrected chi connectivity index (χ4v) is 2.20. The molecule has 0 heterocycles. The van der Waals surface area contributed by atoms with Crippen LogP contribution in [0.25, 0.3) is 0 Å². The van der Waals surface area contributed by atoms with Crippen molar-refractivity contribution >= 4 is 0 Å². The van der Waals surface area contributed by atoms with E-state index in [0.29, 0.717) is 12.1 Å². The molecule has 0 aromatic carbocycles. The van der Waals surface area contributed by atoms with Gasteiger partial charge in [-0.1, -0.05) is 13.8 Å². The van der Waals surface area contributed by atoms with Crippen molar-refractivity contribution in [1.29, 1.82) is 0 Å². The summed E-state index contributed by atoms with van der Waals surface area (Å²) in [6.07, 6.45) is 5.19. The third kappa shape index (κ3) is 4.98. The average molecular weight is 212 g/mol. The molecule has 1 rings (SSSR count). The molecule has 2 atom stereocenters. The third-order valence-electron chi connectivity index (χ3n) is 3.61. The lowest BCUT2D eigenvalue weighted by Gasteiger charge is -2.27. The molecule has 0 saturated heterocycles. The zero-order chi connectivity index (χ0) is 11.4. The SMILES string of the molecule is CC(C)CC(C)N(C)CCC(N)C1CC1. The summed E-state index contributed by atoms with van der Waals surface area (Å²) < 4.78 is 0. The molecule has 0 aliphatic heterocycles. The van der Waals surface area contributed by atoms with Crippen LogP contribution in [0.5, 0.6) is 0 Å². The molecule has 2 heteroatoms. The Morgan fingerprint density at radius 2 is 1.87 bits per heavy atom. The Bertz CT molecular complexity index is 175. The van der Waals surface area contributed by atoms with E-state index in [1.54, 1.807) is 0 Å². The fourth-order valence-electron chi connectivity index (χ4n) is 2.20. The van der Waals surface area contributed by atoms with Crippen molar-refractivity contribution in [3.63, 3.8) is 0 Å². The van der Waals surface area contributed by atoms with Crippen LogP contribution >= 0.6 is 0 Å². The lowest BCUT2D eigenvalue weighted by Crippen LogP contribution is -2.35. The molecule has 0 aromatic heterocycles. The molecule has 1 aliphatic carbocycles. The van der Waals surface area contributed by atoms with Crippen LogP contribution in [-0.2, 0) is 0 Å². The minimum absolute atomic E-state index is 0.457. The zero-order valence-corrected chi connectivity index (χ0v) is 10.9. The van der Waals surface area contributed by atoms with Gasteiger partial charge in [-0.05, 0) is 58.0 Å². The summed E-state index contributed by atoms with van der Waals surface area (Å²) in [4.78, 5) is 2.46. The smallest absolute Gasteiger partial charge is 0.00793 e. The van der Waals surface area contributed by atoms with Gasteiger partial charge >= 0.3 is 0 Å². The van der Waals surface area contributed by atoms with Crippen molar-refractivity contribution in [2.24, 2.45) is 17.6 Å². The van der Waals surface area contributed by atoms with E-state index in [1.165, 1.54) is 25.7 Å². The van der Waals surface area contributed by atoms with Crippen LogP contribution in [0.3, 0.4) is 0 Å². The van der Waals surface area contributed by atoms with E-state index in [9.17, 15) is 0 Å². The van der Waals surface area contributed by atoms with Crippen molar-refractivity contribution in [3.05, 3.63) is 0 Å². The van der Waals surface area contributed by atoms with Gasteiger partial charge in [0.25, 0.3) is 0 Å². The van der Waals surface area contributed by atoms with Gasteiger partial charge in [0, 0.05) is 12.1 Å². The monoisotopic (exact) mass is 212 g/mol. The van der Waals surface area contributed by atoms with Crippen LogP contribution in [0.1, 0.15) is 46.5 Å². The lowest BCUT2D eigenvalue weighted by atomic mass is 10.0. The Labute approximate surface area is 95.2 Å². The van der Waals surface area contributed by atoms with E-state index in [1.807, 2.05) is 0 Å². The summed E-state index contributed by atoms with van der Waals surface area (Å²) in [6.45, 7) is 8.06. The van der Waals surface area contributed by atoms with Gasteiger partial charge in [0.1, 0.15) is 0 Å². The van der Waals surface area contributed by atoms with Crippen molar-refractivity contribution in [2.75, 3.05) is 13.6 Å². The van der Waals surface area contributed by atoms with E-state index in [-0.39, 0.29) is 0 Å². The van der Waals surface area contributed by atoms with Crippen LogP contribution in [0, 0.1) is 11.8 Å². The van der Waals surface area contributed by atoms with E-state index < -0.39 is 0 Å². The summed E-state index contributed by atoms with van der Waals surface area (Å²) >= 11 is 0. The Morgan fingerprint density at radius 1 is 1.27 bits per heavy atom. The van der Waals surface area contributed by atoms with Gasteiger partial charge in [-0.2, -0.15) is 0 Å². The van der Waals surface area contributed by atoms with Crippen LogP contribution in [-0.4, -0.2) is 30.6 Å². The number of rotatable bonds is 7. The molecule has 0 spiro atoms. The standard InChI is InChI=1S/C13H28N2/c1-10(2)9-11(3)15(4)8-7-13(14)12-5-6-12/h10-13H,5-9,14H2,1-4H3. The minimum Gasteiger partial charge on any atom is -0.327 e. The summed E-state index contributed by atoms with van der Waals surface area (Å²) in [5.74, 6) is 1.64. The molecule has 15 heavy (non-hydrogen) atoms. The molecule has 0 radical (unpaired) electrons. The molecule has 0 aromatic rings. The van der Waals surface area contributed by atoms with Gasteiger partial charge in [0.2, 0.25) is 0 Å². The van der Waals surface area contributed by atoms with Gasteiger partial charge in [-0.15, -0.1) is 0 Å². The maximum Gasteiger partial charge on any atom is 0.00793 e. The number of nitrogens with two attached hydrogens (primary N) is 1. The Hall–Kier alpha value is -0.0800. The first-order chi connectivity index (χ1) is 7.00. The van der Waals surface area contributed by atoms with Crippen molar-refractivity contribution < 1.29 is 0 Å². The predicted molar refractivity (Wildman–Crippen MR) is 66.9 cm³/mol. The first kappa shape index (κ1) is 13.0. The summed E-state index contributed by atoms with van der Waals surface area (Å²) in [6, 6.07) is 1.15. The predicted octanol–water partition coefficient (Wildman–Crippen LogP) is 2.48. The van der Waals surface area contributed by atoms with E-state index >= 15 is 0 Å². The third-order valence-corrected chi connectivity index (χ3v) is 3.61. The van der Waals surface area contributed by atoms with E-state index in [4.69, 9.17) is 5.73 Å². The largest absolute Gasteiger partial charge is 0.327 e. The Kier molecular flexibility index (Phi) is 5.07. The van der Waals surface area contributed by atoms with Crippen LogP contribution in [0.2, 0.25) is 0 Å². The number of hydrogen-bond donors (Lipinski definition) is 1. The van der Waals surface area contributed by atoms with Crippen molar-refractivity contribution in [2.45, 2.75) is 58.5 Å². The average Bonchev–Trinajstić information content (AvgIpc) is 2.95. The minimum atomic E-state index is 0.457. The van der Waals surface area contributed by atoms with Crippen molar-refractivity contribution in [1.82, 2.24) is 4.90 Å². The van der Waals surface area contributed by atoms with Gasteiger partial charge in [0.05, 0.1) is 0 Å². The van der Waals surface area contributed by atoms with Gasteiger partial charge in [-0.3, -0.25) is 0 Å². The van der Waals surface area contributed by atoms with Crippen LogP contribution in [0.15, 0.2) is 0 Å². The molecular formula is C13H28N2. The second-order valence-corrected chi connectivity index (χ2v) is 5.75. The topological polar surface area (TPSA) is 29.3 Å². The van der Waals surface area contributed by atoms with E-state index in [0.717, 1.165) is 18.4 Å². The lowest BCUT2D eigenvalue weighted by molar-refractivity contribution is 0.218. The molecule has 1 aliphatic rings. The molecular weight excluding hydrogens is 184 g/mol. The highest BCUT2D eigenvalue weighted by atomic mass is 15.1. The molecule has 2 N–H and O–H groups in total. The highest BCUT2D eigenvalue weighted by molar-refractivity contribution is 4.84. The highest BCUT2D eigenvalue weighted by Crippen LogP contribution is 2.32. The molecule has 2 nitrogen and oxygen atoms in total. The second-order valence-electron chi connectivity index (χ2n) is 5.75. The maximum atomic E-state index is 6.10. The molecule has 0 amide bonds. The number of hydrogen-bond acceptors (Lipinski definition) is 2. The fraction of sp³-hybridized carbons (Fsp3) is 1.00. The molecule has 2 unspecified atom stereocenters. The highest BCUT2D eigenvalue weighted by Gasteiger charge is 2.28. The summed E-state index contributed by atoms with van der Waals surface area (Å²) in [5, 5.41) is 0. The normalized spacial score (nSPS) is 21.0. The summed E-state index contributed by atoms with van der Waals surface area (Å²) in [7, 11) is 2.23. The molecule has 1 fully saturated rings. The van der Waals surface area contributed by atoms with Gasteiger partial charge < -0.3 is 10.6 Å². The Balaban J connectivity index is 2.13. The van der Waals surface area contributed by atoms with Crippen LogP contribution in [0.4, 0.5) is 0 Å². The Morgan fingerprint density at radius 3 is 2.33 bits per heavy atom. The molecule has 90 valence electrons. The second kappa shape index (κ2) is 5.86. The first-order valence-electron chi connectivity index (χ1n) is 6.46. The molecule has 1 saturated carbocycles. The van der Waals surface area contributed by atoms with Gasteiger partial charge in [-0.25, -0.2) is 0 Å². The summed E-state index contributed by atoms with van der Waals surface area (Å²) in [5.41, 5.74) is 6.10. The van der Waals surface area contributed by atoms with Crippen molar-refractivity contribution in [3.8, 4) is 0 Å². The van der Waals surface area contributed by atoms with Gasteiger partial charge in [0.15, 0.2) is 0 Å². The van der Waals surface area contributed by atoms with E-state index in [2.05, 4.69) is 32.7 Å². The number of nitrogens with zero attached hydrogens (tertiary/aromatic N) is 1. The zero-order valence-electron chi connectivity index (χ0n) is 10.9. The first-order valence-corrected chi connectivity index (χ1v) is 6.46. The quantitative estimate of drug-likeness (QED) is 0.702. The van der Waals surface area contributed by atoms with Crippen LogP contribution < -0.4 is 5.73 Å². The molecule has 0 bridgehead atoms.